The van der Waals surface area contributed by atoms with Gasteiger partial charge in [-0.15, -0.1) is 0 Å². The van der Waals surface area contributed by atoms with Crippen molar-refractivity contribution in [2.24, 2.45) is 0 Å². The van der Waals surface area contributed by atoms with Crippen LogP contribution in [0, 0.1) is 0 Å². The summed E-state index contributed by atoms with van der Waals surface area (Å²) in [6.07, 6.45) is 3.24. The van der Waals surface area contributed by atoms with Crippen LogP contribution in [0.3, 0.4) is 0 Å². The zero-order valence-corrected chi connectivity index (χ0v) is 21.6. The van der Waals surface area contributed by atoms with Crippen molar-refractivity contribution >= 4 is 5.69 Å². The van der Waals surface area contributed by atoms with Crippen LogP contribution in [0.2, 0.25) is 0 Å². The van der Waals surface area contributed by atoms with Crippen LogP contribution < -0.4 is 10.2 Å². The average Bonchev–Trinajstić information content (AvgIpc) is 2.80. The van der Waals surface area contributed by atoms with Crippen LogP contribution in [0.1, 0.15) is 43.9 Å². The Morgan fingerprint density at radius 2 is 1.25 bits per heavy atom. The van der Waals surface area contributed by atoms with Crippen molar-refractivity contribution in [1.82, 2.24) is 15.1 Å². The number of anilines is 1. The Kier molecular flexibility index (Phi) is 10.7. The zero-order valence-electron chi connectivity index (χ0n) is 21.6. The number of hydrogen-bond donors (Lipinski definition) is 1. The summed E-state index contributed by atoms with van der Waals surface area (Å²) in [6, 6.07) is 18.5. The summed E-state index contributed by atoms with van der Waals surface area (Å²) in [5.41, 5.74) is 5.65. The Morgan fingerprint density at radius 1 is 0.750 bits per heavy atom. The molecule has 0 fully saturated rings. The van der Waals surface area contributed by atoms with Crippen molar-refractivity contribution in [3.8, 4) is 0 Å². The van der Waals surface area contributed by atoms with Gasteiger partial charge in [-0.2, -0.15) is 0 Å². The van der Waals surface area contributed by atoms with E-state index < -0.39 is 0 Å². The number of rotatable bonds is 14. The molecule has 178 valence electrons. The lowest BCUT2D eigenvalue weighted by Crippen LogP contribution is -2.47. The van der Waals surface area contributed by atoms with Gasteiger partial charge in [-0.25, -0.2) is 0 Å². The van der Waals surface area contributed by atoms with E-state index in [1.807, 2.05) is 7.05 Å². The molecule has 1 N–H and O–H groups in total. The van der Waals surface area contributed by atoms with Gasteiger partial charge in [0.15, 0.2) is 0 Å². The van der Waals surface area contributed by atoms with E-state index >= 15 is 0 Å². The van der Waals surface area contributed by atoms with Crippen molar-refractivity contribution in [1.29, 1.82) is 0 Å². The van der Waals surface area contributed by atoms with Gasteiger partial charge in [-0.05, 0) is 90.1 Å². The molecule has 32 heavy (non-hydrogen) atoms. The van der Waals surface area contributed by atoms with Gasteiger partial charge in [0.05, 0.1) is 0 Å². The minimum absolute atomic E-state index is 0.113. The molecule has 0 radical (unpaired) electrons. The van der Waals surface area contributed by atoms with Crippen molar-refractivity contribution in [2.75, 3.05) is 59.3 Å². The molecule has 1 unspecified atom stereocenters. The van der Waals surface area contributed by atoms with Gasteiger partial charge >= 0.3 is 0 Å². The predicted molar refractivity (Wildman–Crippen MR) is 141 cm³/mol. The minimum atomic E-state index is 0.113. The second kappa shape index (κ2) is 13.0. The van der Waals surface area contributed by atoms with Crippen LogP contribution in [0.15, 0.2) is 48.5 Å². The van der Waals surface area contributed by atoms with Crippen LogP contribution in [-0.4, -0.2) is 69.7 Å². The van der Waals surface area contributed by atoms with Crippen LogP contribution in [0.25, 0.3) is 0 Å². The van der Waals surface area contributed by atoms with Crippen LogP contribution in [0.5, 0.6) is 0 Å². The number of nitrogens with zero attached hydrogens (tertiary/aromatic N) is 3. The summed E-state index contributed by atoms with van der Waals surface area (Å²) < 4.78 is 0. The van der Waals surface area contributed by atoms with Gasteiger partial charge in [-0.3, -0.25) is 0 Å². The maximum Gasteiger partial charge on any atom is 0.0366 e. The molecule has 0 aromatic heterocycles. The first-order valence-electron chi connectivity index (χ1n) is 12.3. The fraction of sp³-hybridized carbons (Fsp3) is 0.571. The Morgan fingerprint density at radius 3 is 1.69 bits per heavy atom. The fourth-order valence-electron chi connectivity index (χ4n) is 4.57. The standard InChI is InChI=1S/C28H46N4/c1-8-28(30(5)6,22-25-15-17-27(18-16-25)32(9-2)10-3)21-24-11-13-26(14-12-24)23-31(7)20-19-29-4/h11-18,29H,8-10,19-23H2,1-7H3. The predicted octanol–water partition coefficient (Wildman–Crippen LogP) is 4.68. The second-order valence-electron chi connectivity index (χ2n) is 9.32. The Bertz CT molecular complexity index is 765. The highest BCUT2D eigenvalue weighted by atomic mass is 15.1. The lowest BCUT2D eigenvalue weighted by atomic mass is 9.81. The van der Waals surface area contributed by atoms with Gasteiger partial charge in [0, 0.05) is 44.0 Å². The molecule has 0 saturated carbocycles. The maximum absolute atomic E-state index is 3.22. The van der Waals surface area contributed by atoms with E-state index in [1.54, 1.807) is 0 Å². The molecule has 0 aliphatic carbocycles. The molecular weight excluding hydrogens is 392 g/mol. The minimum Gasteiger partial charge on any atom is -0.372 e. The summed E-state index contributed by atoms with van der Waals surface area (Å²) in [6.45, 7) is 11.9. The molecule has 4 nitrogen and oxygen atoms in total. The third-order valence-corrected chi connectivity index (χ3v) is 6.96. The third kappa shape index (κ3) is 7.33. The molecule has 0 amide bonds. The van der Waals surface area contributed by atoms with Gasteiger partial charge in [0.1, 0.15) is 0 Å². The highest BCUT2D eigenvalue weighted by Crippen LogP contribution is 2.29. The first-order chi connectivity index (χ1) is 15.4. The number of nitrogens with one attached hydrogen (secondary N) is 1. The normalized spacial score (nSPS) is 13.5. The van der Waals surface area contributed by atoms with Gasteiger partial charge in [0.25, 0.3) is 0 Å². The lowest BCUT2D eigenvalue weighted by molar-refractivity contribution is 0.143. The Labute approximate surface area is 197 Å². The molecule has 0 saturated heterocycles. The fourth-order valence-corrected chi connectivity index (χ4v) is 4.57. The van der Waals surface area contributed by atoms with E-state index in [4.69, 9.17) is 0 Å². The van der Waals surface area contributed by atoms with E-state index in [-0.39, 0.29) is 5.54 Å². The van der Waals surface area contributed by atoms with E-state index in [2.05, 4.69) is 110 Å². The van der Waals surface area contributed by atoms with Crippen molar-refractivity contribution in [3.05, 3.63) is 65.2 Å². The van der Waals surface area contributed by atoms with E-state index in [0.717, 1.165) is 52.0 Å². The quantitative estimate of drug-likeness (QED) is 0.462. The zero-order chi connectivity index (χ0) is 23.6. The monoisotopic (exact) mass is 438 g/mol. The first-order valence-corrected chi connectivity index (χ1v) is 12.3. The molecule has 2 rings (SSSR count). The molecule has 2 aromatic rings. The average molecular weight is 439 g/mol. The van der Waals surface area contributed by atoms with Crippen LogP contribution >= 0.6 is 0 Å². The smallest absolute Gasteiger partial charge is 0.0366 e. The van der Waals surface area contributed by atoms with Crippen molar-refractivity contribution in [3.63, 3.8) is 0 Å². The summed E-state index contributed by atoms with van der Waals surface area (Å²) in [5, 5.41) is 3.22. The molecule has 0 aliphatic heterocycles. The van der Waals surface area contributed by atoms with Gasteiger partial charge in [-0.1, -0.05) is 43.3 Å². The summed E-state index contributed by atoms with van der Waals surface area (Å²) in [4.78, 5) is 7.20. The summed E-state index contributed by atoms with van der Waals surface area (Å²) >= 11 is 0. The topological polar surface area (TPSA) is 21.8 Å². The van der Waals surface area contributed by atoms with Crippen molar-refractivity contribution < 1.29 is 0 Å². The first kappa shape index (κ1) is 26.4. The molecule has 0 spiro atoms. The summed E-state index contributed by atoms with van der Waals surface area (Å²) in [7, 11) is 8.66. The third-order valence-electron chi connectivity index (χ3n) is 6.96. The molecule has 4 heteroatoms. The summed E-state index contributed by atoms with van der Waals surface area (Å²) in [5.74, 6) is 0. The number of likely N-dealkylation sites (N-methyl/N-ethyl adjacent to an activating group) is 3. The highest BCUT2D eigenvalue weighted by Gasteiger charge is 2.31. The number of hydrogen-bond acceptors (Lipinski definition) is 4. The molecule has 0 heterocycles. The van der Waals surface area contributed by atoms with E-state index in [1.165, 1.54) is 22.4 Å². The Balaban J connectivity index is 2.12. The molecule has 2 aromatic carbocycles. The highest BCUT2D eigenvalue weighted by molar-refractivity contribution is 5.47. The molecule has 0 bridgehead atoms. The van der Waals surface area contributed by atoms with Gasteiger partial charge in [0.2, 0.25) is 0 Å². The van der Waals surface area contributed by atoms with Crippen molar-refractivity contribution in [2.45, 2.75) is 52.1 Å². The lowest BCUT2D eigenvalue weighted by Gasteiger charge is -2.40. The molecule has 1 atom stereocenters. The van der Waals surface area contributed by atoms with E-state index in [9.17, 15) is 0 Å². The largest absolute Gasteiger partial charge is 0.372 e. The molecule has 0 aliphatic rings. The maximum atomic E-state index is 3.22. The SMILES string of the molecule is CCN(CC)c1ccc(CC(CC)(Cc2ccc(CN(C)CCNC)cc2)N(C)C)cc1. The van der Waals surface area contributed by atoms with Crippen LogP contribution in [0.4, 0.5) is 5.69 Å². The second-order valence-corrected chi connectivity index (χ2v) is 9.32. The number of benzene rings is 2. The molecular formula is C28H46N4. The Hall–Kier alpha value is -1.88. The van der Waals surface area contributed by atoms with E-state index in [0.29, 0.717) is 0 Å². The van der Waals surface area contributed by atoms with Gasteiger partial charge < -0.3 is 20.0 Å². The van der Waals surface area contributed by atoms with Crippen LogP contribution in [-0.2, 0) is 19.4 Å².